The molecule has 0 aliphatic heterocycles. The molecule has 0 aromatic heterocycles. The summed E-state index contributed by atoms with van der Waals surface area (Å²) in [4.78, 5) is 1.38. The first kappa shape index (κ1) is 20.9. The Morgan fingerprint density at radius 1 is 0.857 bits per heavy atom. The fraction of sp³-hybridized carbons (Fsp3) is 0.0476. The Kier molecular flexibility index (Phi) is 6.50. The van der Waals surface area contributed by atoms with Crippen LogP contribution in [-0.2, 0) is 20.6 Å². The van der Waals surface area contributed by atoms with Gasteiger partial charge in [0.2, 0.25) is 13.2 Å². The van der Waals surface area contributed by atoms with Crippen LogP contribution in [0, 0.1) is 0 Å². The molecule has 144 valence electrons. The quantitative estimate of drug-likeness (QED) is 0.402. The van der Waals surface area contributed by atoms with Crippen LogP contribution >= 0.6 is 24.4 Å². The van der Waals surface area contributed by atoms with Crippen molar-refractivity contribution in [1.29, 1.82) is 0 Å². The van der Waals surface area contributed by atoms with Gasteiger partial charge in [0, 0.05) is 14.7 Å². The SMILES string of the molecule is C=C(Sc1ccccc1)C(S)(S(=O)c1ccccc1)S(=O)(=O)c1ccccc1. The molecule has 0 aliphatic rings. The van der Waals surface area contributed by atoms with Gasteiger partial charge in [-0.2, -0.15) is 0 Å². The van der Waals surface area contributed by atoms with Crippen LogP contribution in [-0.4, -0.2) is 16.0 Å². The Labute approximate surface area is 177 Å². The molecule has 0 radical (unpaired) electrons. The van der Waals surface area contributed by atoms with Gasteiger partial charge in [0.1, 0.15) is 0 Å². The van der Waals surface area contributed by atoms with Gasteiger partial charge >= 0.3 is 0 Å². The summed E-state index contributed by atoms with van der Waals surface area (Å²) < 4.78 is 38.6. The summed E-state index contributed by atoms with van der Waals surface area (Å²) in [6, 6.07) is 25.6. The molecule has 0 saturated carbocycles. The predicted octanol–water partition coefficient (Wildman–Crippen LogP) is 5.16. The second-order valence-electron chi connectivity index (χ2n) is 5.82. The minimum Gasteiger partial charge on any atom is -0.251 e. The van der Waals surface area contributed by atoms with Crippen molar-refractivity contribution >= 4 is 45.0 Å². The van der Waals surface area contributed by atoms with Crippen molar-refractivity contribution in [2.45, 2.75) is 18.1 Å². The average molecular weight is 447 g/mol. The van der Waals surface area contributed by atoms with Crippen LogP contribution in [0.25, 0.3) is 0 Å². The molecule has 3 aromatic carbocycles. The number of thiol groups is 1. The van der Waals surface area contributed by atoms with Crippen molar-refractivity contribution in [3.8, 4) is 0 Å². The molecule has 0 spiro atoms. The third kappa shape index (κ3) is 3.98. The molecule has 3 nitrogen and oxygen atoms in total. The molecule has 0 amide bonds. The van der Waals surface area contributed by atoms with Crippen LogP contribution < -0.4 is 0 Å². The zero-order valence-corrected chi connectivity index (χ0v) is 18.1. The third-order valence-corrected chi connectivity index (χ3v) is 11.4. The van der Waals surface area contributed by atoms with E-state index >= 15 is 0 Å². The first-order valence-corrected chi connectivity index (χ1v) is 12.2. The molecule has 0 fully saturated rings. The van der Waals surface area contributed by atoms with E-state index in [9.17, 15) is 12.6 Å². The average Bonchev–Trinajstić information content (AvgIpc) is 2.74. The van der Waals surface area contributed by atoms with Crippen molar-refractivity contribution < 1.29 is 12.6 Å². The smallest absolute Gasteiger partial charge is 0.228 e. The van der Waals surface area contributed by atoms with E-state index in [-0.39, 0.29) is 9.80 Å². The van der Waals surface area contributed by atoms with Gasteiger partial charge < -0.3 is 0 Å². The zero-order valence-electron chi connectivity index (χ0n) is 14.8. The molecule has 0 saturated heterocycles. The number of sulfone groups is 1. The second kappa shape index (κ2) is 8.69. The fourth-order valence-electron chi connectivity index (χ4n) is 2.51. The molecule has 28 heavy (non-hydrogen) atoms. The molecule has 7 heteroatoms. The van der Waals surface area contributed by atoms with Crippen LogP contribution in [0.3, 0.4) is 0 Å². The van der Waals surface area contributed by atoms with Gasteiger partial charge in [-0.3, -0.25) is 4.21 Å². The third-order valence-electron chi connectivity index (χ3n) is 3.96. The normalized spacial score (nSPS) is 14.8. The van der Waals surface area contributed by atoms with E-state index in [2.05, 4.69) is 19.2 Å². The van der Waals surface area contributed by atoms with Crippen LogP contribution in [0.1, 0.15) is 0 Å². The van der Waals surface area contributed by atoms with Gasteiger partial charge in [-0.25, -0.2) is 8.42 Å². The van der Waals surface area contributed by atoms with E-state index in [0.717, 1.165) is 16.7 Å². The minimum atomic E-state index is -4.12. The lowest BCUT2D eigenvalue weighted by Crippen LogP contribution is -2.38. The Morgan fingerprint density at radius 3 is 1.86 bits per heavy atom. The number of hydrogen-bond donors (Lipinski definition) is 1. The van der Waals surface area contributed by atoms with Gasteiger partial charge in [-0.05, 0) is 36.4 Å². The van der Waals surface area contributed by atoms with Crippen molar-refractivity contribution in [3.05, 3.63) is 102 Å². The van der Waals surface area contributed by atoms with Crippen LogP contribution in [0.2, 0.25) is 0 Å². The van der Waals surface area contributed by atoms with E-state index in [4.69, 9.17) is 0 Å². The van der Waals surface area contributed by atoms with Crippen molar-refractivity contribution in [1.82, 2.24) is 0 Å². The maximum Gasteiger partial charge on any atom is 0.228 e. The van der Waals surface area contributed by atoms with E-state index in [1.807, 2.05) is 30.3 Å². The van der Waals surface area contributed by atoms with Gasteiger partial charge in [0.15, 0.2) is 0 Å². The summed E-state index contributed by atoms with van der Waals surface area (Å²) in [6.45, 7) is 3.97. The summed E-state index contributed by atoms with van der Waals surface area (Å²) in [5.41, 5.74) is 0. The first-order chi connectivity index (χ1) is 13.4. The Balaban J connectivity index is 2.13. The zero-order chi connectivity index (χ0) is 20.2. The molecular weight excluding hydrogens is 428 g/mol. The van der Waals surface area contributed by atoms with Crippen LogP contribution in [0.15, 0.2) is 117 Å². The van der Waals surface area contributed by atoms with E-state index in [1.165, 1.54) is 12.1 Å². The molecule has 0 bridgehead atoms. The first-order valence-electron chi connectivity index (χ1n) is 8.28. The number of hydrogen-bond acceptors (Lipinski definition) is 5. The molecule has 0 heterocycles. The van der Waals surface area contributed by atoms with E-state index < -0.39 is 24.0 Å². The fourth-order valence-corrected chi connectivity index (χ4v) is 8.23. The van der Waals surface area contributed by atoms with Gasteiger partial charge in [0.05, 0.1) is 15.7 Å². The molecule has 3 aromatic rings. The van der Waals surface area contributed by atoms with Gasteiger partial charge in [-0.15, -0.1) is 12.6 Å². The van der Waals surface area contributed by atoms with Crippen molar-refractivity contribution in [2.24, 2.45) is 0 Å². The minimum absolute atomic E-state index is 0.0455. The number of thioether (sulfide) groups is 1. The largest absolute Gasteiger partial charge is 0.251 e. The summed E-state index contributed by atoms with van der Waals surface area (Å²) >= 11 is 5.69. The topological polar surface area (TPSA) is 51.2 Å². The van der Waals surface area contributed by atoms with Crippen LogP contribution in [0.5, 0.6) is 0 Å². The maximum atomic E-state index is 13.6. The standard InChI is InChI=1S/C21H18O3S4/c1-17(26-18-11-5-2-6-12-18)21(25,27(22)19-13-7-3-8-14-19)28(23,24)20-15-9-4-10-16-20/h2-16,25H,1H2. The van der Waals surface area contributed by atoms with E-state index in [1.54, 1.807) is 48.5 Å². The molecular formula is C21H18O3S4. The Bertz CT molecular complexity index is 1080. The molecule has 0 aliphatic carbocycles. The monoisotopic (exact) mass is 446 g/mol. The lowest BCUT2D eigenvalue weighted by Gasteiger charge is -2.29. The Morgan fingerprint density at radius 2 is 1.32 bits per heavy atom. The molecule has 2 unspecified atom stereocenters. The molecule has 2 atom stereocenters. The summed E-state index contributed by atoms with van der Waals surface area (Å²) in [7, 11) is -6.13. The van der Waals surface area contributed by atoms with Gasteiger partial charge in [0.25, 0.3) is 0 Å². The lowest BCUT2D eigenvalue weighted by atomic mass is 10.4. The van der Waals surface area contributed by atoms with Crippen molar-refractivity contribution in [2.75, 3.05) is 0 Å². The highest BCUT2D eigenvalue weighted by Gasteiger charge is 2.50. The summed E-state index contributed by atoms with van der Waals surface area (Å²) in [6.07, 6.45) is 0. The maximum absolute atomic E-state index is 13.6. The highest BCUT2D eigenvalue weighted by molar-refractivity contribution is 8.23. The van der Waals surface area contributed by atoms with Crippen molar-refractivity contribution in [3.63, 3.8) is 0 Å². The lowest BCUT2D eigenvalue weighted by molar-refractivity contribution is 0.593. The van der Waals surface area contributed by atoms with E-state index in [0.29, 0.717) is 4.90 Å². The highest BCUT2D eigenvalue weighted by atomic mass is 32.3. The summed E-state index contributed by atoms with van der Waals surface area (Å²) in [5, 5.41) is 0. The van der Waals surface area contributed by atoms with Gasteiger partial charge in [-0.1, -0.05) is 72.9 Å². The second-order valence-corrected chi connectivity index (χ2v) is 12.2. The number of rotatable bonds is 7. The predicted molar refractivity (Wildman–Crippen MR) is 120 cm³/mol. The molecule has 0 N–H and O–H groups in total. The Hall–Kier alpha value is -1.80. The molecule has 3 rings (SSSR count). The summed E-state index contributed by atoms with van der Waals surface area (Å²) in [5.74, 6) is 0. The van der Waals surface area contributed by atoms with Crippen LogP contribution in [0.4, 0.5) is 0 Å². The number of benzene rings is 3. The highest BCUT2D eigenvalue weighted by Crippen LogP contribution is 2.47.